The van der Waals surface area contributed by atoms with Crippen molar-refractivity contribution in [1.29, 1.82) is 0 Å². The van der Waals surface area contributed by atoms with E-state index in [2.05, 4.69) is 15.5 Å². The van der Waals surface area contributed by atoms with Crippen LogP contribution < -0.4 is 5.32 Å². The Balaban J connectivity index is 1.58. The molecule has 0 bridgehead atoms. The molecule has 172 valence electrons. The van der Waals surface area contributed by atoms with Crippen LogP contribution in [0.4, 0.5) is 4.39 Å². The lowest BCUT2D eigenvalue weighted by molar-refractivity contribution is 0.0945. The number of thioether (sulfide) groups is 1. The first-order valence-electron chi connectivity index (χ1n) is 10.1. The predicted molar refractivity (Wildman–Crippen MR) is 130 cm³/mol. The van der Waals surface area contributed by atoms with Gasteiger partial charge in [-0.05, 0) is 30.3 Å². The van der Waals surface area contributed by atoms with Gasteiger partial charge in [0, 0.05) is 10.6 Å². The Morgan fingerprint density at radius 1 is 0.971 bits per heavy atom. The molecule has 0 aliphatic carbocycles. The number of aromatic nitrogens is 3. The number of hydrogen-bond acceptors (Lipinski definition) is 5. The van der Waals surface area contributed by atoms with Crippen LogP contribution in [0.5, 0.6) is 0 Å². The molecule has 6 nitrogen and oxygen atoms in total. The number of nitrogens with one attached hydrogen (secondary N) is 1. The van der Waals surface area contributed by atoms with Gasteiger partial charge in [0.15, 0.2) is 16.8 Å². The van der Waals surface area contributed by atoms with Gasteiger partial charge in [-0.3, -0.25) is 14.2 Å². The molecule has 1 aromatic heterocycles. The third-order valence-electron chi connectivity index (χ3n) is 4.79. The van der Waals surface area contributed by atoms with Crippen LogP contribution in [0.15, 0.2) is 78.0 Å². The maximum Gasteiger partial charge on any atom is 0.256 e. The number of benzene rings is 3. The van der Waals surface area contributed by atoms with E-state index in [0.717, 1.165) is 6.07 Å². The first kappa shape index (κ1) is 23.9. The summed E-state index contributed by atoms with van der Waals surface area (Å²) >= 11 is 13.4. The van der Waals surface area contributed by atoms with E-state index in [1.54, 1.807) is 53.1 Å². The van der Waals surface area contributed by atoms with Crippen molar-refractivity contribution in [3.05, 3.63) is 106 Å². The highest BCUT2D eigenvalue weighted by Crippen LogP contribution is 2.25. The lowest BCUT2D eigenvalue weighted by Crippen LogP contribution is -2.26. The van der Waals surface area contributed by atoms with E-state index < -0.39 is 11.7 Å². The number of carbonyl (C=O) groups is 2. The minimum atomic E-state index is -0.725. The fourth-order valence-electron chi connectivity index (χ4n) is 3.18. The van der Waals surface area contributed by atoms with E-state index in [4.69, 9.17) is 23.2 Å². The van der Waals surface area contributed by atoms with Crippen LogP contribution >= 0.6 is 35.0 Å². The van der Waals surface area contributed by atoms with Gasteiger partial charge in [-0.15, -0.1) is 10.2 Å². The molecule has 0 radical (unpaired) electrons. The monoisotopic (exact) mass is 514 g/mol. The van der Waals surface area contributed by atoms with E-state index in [9.17, 15) is 14.0 Å². The van der Waals surface area contributed by atoms with Crippen molar-refractivity contribution in [1.82, 2.24) is 20.1 Å². The van der Waals surface area contributed by atoms with Crippen molar-refractivity contribution >= 4 is 46.7 Å². The Bertz CT molecular complexity index is 1330. The SMILES string of the molecule is O=C(CSc1nnc(CNC(=O)c2c(F)cccc2Cl)n1-c1cccc(Cl)c1)c1ccccc1. The molecule has 0 aliphatic heterocycles. The van der Waals surface area contributed by atoms with Gasteiger partial charge in [0.1, 0.15) is 5.82 Å². The maximum absolute atomic E-state index is 14.1. The lowest BCUT2D eigenvalue weighted by atomic mass is 10.2. The Labute approximate surface area is 209 Å². The van der Waals surface area contributed by atoms with Crippen molar-refractivity contribution in [2.45, 2.75) is 11.7 Å². The molecule has 1 heterocycles. The number of carbonyl (C=O) groups excluding carboxylic acids is 2. The van der Waals surface area contributed by atoms with E-state index in [0.29, 0.717) is 27.3 Å². The van der Waals surface area contributed by atoms with Crippen LogP contribution in [0.1, 0.15) is 26.5 Å². The Hall–Kier alpha value is -3.20. The number of amides is 1. The van der Waals surface area contributed by atoms with Gasteiger partial charge in [0.25, 0.3) is 5.91 Å². The molecule has 4 rings (SSSR count). The van der Waals surface area contributed by atoms with Crippen LogP contribution in [-0.4, -0.2) is 32.2 Å². The highest BCUT2D eigenvalue weighted by Gasteiger charge is 2.20. The molecule has 10 heteroatoms. The summed E-state index contributed by atoms with van der Waals surface area (Å²) in [5.74, 6) is -0.956. The third-order valence-corrected chi connectivity index (χ3v) is 6.27. The zero-order chi connectivity index (χ0) is 24.1. The zero-order valence-corrected chi connectivity index (χ0v) is 19.9. The van der Waals surface area contributed by atoms with Crippen molar-refractivity contribution < 1.29 is 14.0 Å². The second-order valence-electron chi connectivity index (χ2n) is 7.07. The quantitative estimate of drug-likeness (QED) is 0.244. The summed E-state index contributed by atoms with van der Waals surface area (Å²) in [7, 11) is 0. The van der Waals surface area contributed by atoms with Gasteiger partial charge in [-0.2, -0.15) is 0 Å². The molecule has 0 saturated carbocycles. The summed E-state index contributed by atoms with van der Waals surface area (Å²) in [5, 5.41) is 12.0. The molecular weight excluding hydrogens is 498 g/mol. The van der Waals surface area contributed by atoms with Gasteiger partial charge >= 0.3 is 0 Å². The second-order valence-corrected chi connectivity index (χ2v) is 8.86. The average molecular weight is 515 g/mol. The smallest absolute Gasteiger partial charge is 0.256 e. The van der Waals surface area contributed by atoms with E-state index >= 15 is 0 Å². The van der Waals surface area contributed by atoms with Crippen molar-refractivity contribution in [2.24, 2.45) is 0 Å². The largest absolute Gasteiger partial charge is 0.345 e. The topological polar surface area (TPSA) is 76.9 Å². The van der Waals surface area contributed by atoms with Crippen LogP contribution in [0.3, 0.4) is 0 Å². The standard InChI is InChI=1S/C24H17Cl2FN4O2S/c25-16-8-4-9-17(12-16)31-21(13-28-23(33)22-18(26)10-5-11-19(22)27)29-30-24(31)34-14-20(32)15-6-2-1-3-7-15/h1-12H,13-14H2,(H,28,33). The van der Waals surface area contributed by atoms with Gasteiger partial charge in [0.2, 0.25) is 0 Å². The molecule has 0 saturated heterocycles. The number of ketones is 1. The summed E-state index contributed by atoms with van der Waals surface area (Å²) in [6, 6.07) is 20.0. The van der Waals surface area contributed by atoms with Gasteiger partial charge in [-0.1, -0.05) is 77.4 Å². The highest BCUT2D eigenvalue weighted by molar-refractivity contribution is 7.99. The van der Waals surface area contributed by atoms with Crippen molar-refractivity contribution in [3.63, 3.8) is 0 Å². The Morgan fingerprint density at radius 2 is 1.74 bits per heavy atom. The van der Waals surface area contributed by atoms with Crippen LogP contribution in [0.25, 0.3) is 5.69 Å². The summed E-state index contributed by atoms with van der Waals surface area (Å²) in [5.41, 5.74) is 0.999. The molecular formula is C24H17Cl2FN4O2S. The summed E-state index contributed by atoms with van der Waals surface area (Å²) in [6.45, 7) is -0.0593. The number of nitrogens with zero attached hydrogens (tertiary/aromatic N) is 3. The zero-order valence-electron chi connectivity index (χ0n) is 17.5. The fourth-order valence-corrected chi connectivity index (χ4v) is 4.48. The van der Waals surface area contributed by atoms with Crippen LogP contribution in [0, 0.1) is 5.82 Å². The maximum atomic E-state index is 14.1. The minimum absolute atomic E-state index is 0.00415. The Kier molecular flexibility index (Phi) is 7.62. The van der Waals surface area contributed by atoms with Crippen LogP contribution in [-0.2, 0) is 6.54 Å². The molecule has 0 spiro atoms. The van der Waals surface area contributed by atoms with Gasteiger partial charge in [0.05, 0.1) is 28.6 Å². The summed E-state index contributed by atoms with van der Waals surface area (Å²) < 4.78 is 15.8. The number of rotatable bonds is 8. The normalized spacial score (nSPS) is 10.8. The van der Waals surface area contributed by atoms with E-state index in [-0.39, 0.29) is 28.7 Å². The van der Waals surface area contributed by atoms with Crippen molar-refractivity contribution in [3.8, 4) is 5.69 Å². The van der Waals surface area contributed by atoms with Gasteiger partial charge in [-0.25, -0.2) is 4.39 Å². The summed E-state index contributed by atoms with van der Waals surface area (Å²) in [6.07, 6.45) is 0. The molecule has 4 aromatic rings. The first-order chi connectivity index (χ1) is 16.4. The molecule has 0 aliphatic rings. The number of Topliss-reactive ketones (excluding diaryl/α,β-unsaturated/α-hetero) is 1. The molecule has 34 heavy (non-hydrogen) atoms. The van der Waals surface area contributed by atoms with Gasteiger partial charge < -0.3 is 5.32 Å². The third kappa shape index (κ3) is 5.47. The Morgan fingerprint density at radius 3 is 2.47 bits per heavy atom. The molecule has 3 aromatic carbocycles. The molecule has 1 N–H and O–H groups in total. The highest BCUT2D eigenvalue weighted by atomic mass is 35.5. The predicted octanol–water partition coefficient (Wildman–Crippen LogP) is 5.62. The van der Waals surface area contributed by atoms with E-state index in [1.165, 1.54) is 23.9 Å². The summed E-state index contributed by atoms with van der Waals surface area (Å²) in [4.78, 5) is 25.1. The molecule has 0 fully saturated rings. The van der Waals surface area contributed by atoms with E-state index in [1.807, 2.05) is 6.07 Å². The fraction of sp³-hybridized carbons (Fsp3) is 0.0833. The van der Waals surface area contributed by atoms with Crippen molar-refractivity contribution in [2.75, 3.05) is 5.75 Å². The molecule has 0 atom stereocenters. The molecule has 0 unspecified atom stereocenters. The van der Waals surface area contributed by atoms with Crippen LogP contribution in [0.2, 0.25) is 10.0 Å². The lowest BCUT2D eigenvalue weighted by Gasteiger charge is -2.12. The first-order valence-corrected chi connectivity index (χ1v) is 11.8. The number of halogens is 3. The molecule has 1 amide bonds. The number of hydrogen-bond donors (Lipinski definition) is 1. The minimum Gasteiger partial charge on any atom is -0.345 e. The second kappa shape index (κ2) is 10.8. The average Bonchev–Trinajstić information content (AvgIpc) is 3.24.